The van der Waals surface area contributed by atoms with E-state index in [0.29, 0.717) is 29.4 Å². The van der Waals surface area contributed by atoms with Crippen molar-refractivity contribution < 1.29 is 33.3 Å². The summed E-state index contributed by atoms with van der Waals surface area (Å²) < 4.78 is 28.2. The van der Waals surface area contributed by atoms with Crippen LogP contribution in [0.1, 0.15) is 45.1 Å². The second-order valence-corrected chi connectivity index (χ2v) is 6.87. The molecule has 1 atom stereocenters. The van der Waals surface area contributed by atoms with Crippen LogP contribution in [0.4, 0.5) is 0 Å². The summed E-state index contributed by atoms with van der Waals surface area (Å²) in [7, 11) is 6.02. The molecule has 0 aliphatic heterocycles. The highest BCUT2D eigenvalue weighted by Crippen LogP contribution is 2.38. The molecule has 0 radical (unpaired) electrons. The van der Waals surface area contributed by atoms with Crippen LogP contribution in [0.2, 0.25) is 0 Å². The average molecular weight is 419 g/mol. The van der Waals surface area contributed by atoms with Crippen LogP contribution in [0.25, 0.3) is 0 Å². The Morgan fingerprint density at radius 3 is 2.07 bits per heavy atom. The zero-order valence-electron chi connectivity index (χ0n) is 18.5. The molecule has 0 unspecified atom stereocenters. The number of methoxy groups -OCH3 is 4. The number of hydrogen-bond acceptors (Lipinski definition) is 7. The smallest absolute Gasteiger partial charge is 0.338 e. The second kappa shape index (κ2) is 10.2. The lowest BCUT2D eigenvalue weighted by Gasteiger charge is -2.17. The molecule has 0 amide bonds. The zero-order chi connectivity index (χ0) is 22.4. The number of carbonyl (C=O) groups excluding carboxylic acids is 2. The Kier molecular flexibility index (Phi) is 7.88. The summed E-state index contributed by atoms with van der Waals surface area (Å²) in [5, 5.41) is 0. The standard InChI is InChI=1S/C22H29NO7/c1-13-8-17(15(3)23(13)14(2)11-26-4)18(24)12-30-22(25)16-9-19(27-5)21(29-7)20(10-16)28-6/h8-10,14H,11-12H2,1-7H3/t14-/m0/s1. The zero-order valence-corrected chi connectivity index (χ0v) is 18.5. The molecule has 164 valence electrons. The van der Waals surface area contributed by atoms with Gasteiger partial charge in [0.2, 0.25) is 11.5 Å². The lowest BCUT2D eigenvalue weighted by molar-refractivity contribution is 0.0473. The molecule has 0 fully saturated rings. The number of nitrogens with zero attached hydrogens (tertiary/aromatic N) is 1. The Labute approximate surface area is 176 Å². The monoisotopic (exact) mass is 419 g/mol. The fraction of sp³-hybridized carbons (Fsp3) is 0.455. The Hall–Kier alpha value is -3.00. The number of hydrogen-bond donors (Lipinski definition) is 0. The van der Waals surface area contributed by atoms with E-state index < -0.39 is 5.97 Å². The normalized spacial score (nSPS) is 11.7. The molecule has 1 heterocycles. The van der Waals surface area contributed by atoms with E-state index in [1.54, 1.807) is 13.2 Å². The topological polar surface area (TPSA) is 85.2 Å². The fourth-order valence-corrected chi connectivity index (χ4v) is 3.54. The van der Waals surface area contributed by atoms with Gasteiger partial charge in [-0.1, -0.05) is 0 Å². The molecule has 8 heteroatoms. The number of ketones is 1. The van der Waals surface area contributed by atoms with Gasteiger partial charge in [0.25, 0.3) is 0 Å². The highest BCUT2D eigenvalue weighted by molar-refractivity contribution is 6.00. The summed E-state index contributed by atoms with van der Waals surface area (Å²) in [4.78, 5) is 25.2. The van der Waals surface area contributed by atoms with Crippen molar-refractivity contribution in [3.8, 4) is 17.2 Å². The molecule has 8 nitrogen and oxygen atoms in total. The Morgan fingerprint density at radius 2 is 1.57 bits per heavy atom. The van der Waals surface area contributed by atoms with E-state index in [0.717, 1.165) is 11.4 Å². The van der Waals surface area contributed by atoms with E-state index in [1.165, 1.54) is 33.5 Å². The third-order valence-corrected chi connectivity index (χ3v) is 4.87. The molecule has 2 aromatic rings. The summed E-state index contributed by atoms with van der Waals surface area (Å²) in [6.45, 7) is 5.96. The third-order valence-electron chi connectivity index (χ3n) is 4.87. The fourth-order valence-electron chi connectivity index (χ4n) is 3.54. The van der Waals surface area contributed by atoms with Crippen molar-refractivity contribution in [2.45, 2.75) is 26.8 Å². The van der Waals surface area contributed by atoms with Gasteiger partial charge in [-0.3, -0.25) is 4.79 Å². The van der Waals surface area contributed by atoms with Crippen molar-refractivity contribution in [1.82, 2.24) is 4.57 Å². The van der Waals surface area contributed by atoms with E-state index in [9.17, 15) is 9.59 Å². The molecule has 0 saturated carbocycles. The van der Waals surface area contributed by atoms with Gasteiger partial charge < -0.3 is 28.3 Å². The van der Waals surface area contributed by atoms with Gasteiger partial charge in [-0.2, -0.15) is 0 Å². The van der Waals surface area contributed by atoms with Crippen molar-refractivity contribution in [3.63, 3.8) is 0 Å². The largest absolute Gasteiger partial charge is 0.493 e. The number of aryl methyl sites for hydroxylation is 1. The van der Waals surface area contributed by atoms with E-state index in [1.807, 2.05) is 25.3 Å². The summed E-state index contributed by atoms with van der Waals surface area (Å²) in [5.74, 6) is 0.0748. The lowest BCUT2D eigenvalue weighted by Crippen LogP contribution is -2.17. The predicted octanol–water partition coefficient (Wildman–Crippen LogP) is 3.38. The number of Topliss-reactive ketones (excluding diaryl/α,β-unsaturated/α-hetero) is 1. The van der Waals surface area contributed by atoms with Crippen LogP contribution in [-0.2, 0) is 9.47 Å². The van der Waals surface area contributed by atoms with Crippen LogP contribution in [0, 0.1) is 13.8 Å². The molecular weight excluding hydrogens is 390 g/mol. The first-order chi connectivity index (χ1) is 14.3. The Balaban J connectivity index is 2.17. The molecule has 0 aliphatic carbocycles. The minimum absolute atomic E-state index is 0.0818. The lowest BCUT2D eigenvalue weighted by atomic mass is 10.1. The molecule has 1 aromatic heterocycles. The van der Waals surface area contributed by atoms with Crippen molar-refractivity contribution in [1.29, 1.82) is 0 Å². The van der Waals surface area contributed by atoms with Crippen molar-refractivity contribution in [2.24, 2.45) is 0 Å². The maximum absolute atomic E-state index is 12.7. The van der Waals surface area contributed by atoms with Gasteiger partial charge in [-0.25, -0.2) is 4.79 Å². The van der Waals surface area contributed by atoms with Crippen LogP contribution in [0.15, 0.2) is 18.2 Å². The summed E-state index contributed by atoms with van der Waals surface area (Å²) in [6, 6.07) is 4.84. The van der Waals surface area contributed by atoms with Crippen LogP contribution >= 0.6 is 0 Å². The maximum Gasteiger partial charge on any atom is 0.338 e. The first-order valence-corrected chi connectivity index (χ1v) is 9.46. The molecule has 0 spiro atoms. The van der Waals surface area contributed by atoms with Crippen molar-refractivity contribution >= 4 is 11.8 Å². The molecule has 0 saturated heterocycles. The molecule has 1 aromatic carbocycles. The molecular formula is C22H29NO7. The second-order valence-electron chi connectivity index (χ2n) is 6.87. The highest BCUT2D eigenvalue weighted by atomic mass is 16.5. The number of aromatic nitrogens is 1. The molecule has 0 aliphatic rings. The number of carbonyl (C=O) groups is 2. The van der Waals surface area contributed by atoms with Crippen molar-refractivity contribution in [2.75, 3.05) is 41.7 Å². The SMILES string of the molecule is COC[C@H](C)n1c(C)cc(C(=O)COC(=O)c2cc(OC)c(OC)c(OC)c2)c1C. The minimum atomic E-state index is -0.663. The molecule has 2 rings (SSSR count). The van der Waals surface area contributed by atoms with Gasteiger partial charge in [0.15, 0.2) is 18.1 Å². The number of rotatable bonds is 10. The third kappa shape index (κ3) is 4.76. The van der Waals surface area contributed by atoms with Crippen molar-refractivity contribution in [3.05, 3.63) is 40.7 Å². The van der Waals surface area contributed by atoms with Crippen LogP contribution in [0.3, 0.4) is 0 Å². The van der Waals surface area contributed by atoms with E-state index >= 15 is 0 Å². The molecule has 30 heavy (non-hydrogen) atoms. The van der Waals surface area contributed by atoms with E-state index in [4.69, 9.17) is 23.7 Å². The highest BCUT2D eigenvalue weighted by Gasteiger charge is 2.22. The summed E-state index contributed by atoms with van der Waals surface area (Å²) in [6.07, 6.45) is 0. The van der Waals surface area contributed by atoms with Gasteiger partial charge in [0, 0.05) is 24.1 Å². The van der Waals surface area contributed by atoms with E-state index in [-0.39, 0.29) is 24.0 Å². The van der Waals surface area contributed by atoms with Crippen LogP contribution in [-0.4, -0.2) is 58.0 Å². The number of benzene rings is 1. The summed E-state index contributed by atoms with van der Waals surface area (Å²) >= 11 is 0. The van der Waals surface area contributed by atoms with Gasteiger partial charge in [-0.15, -0.1) is 0 Å². The maximum atomic E-state index is 12.7. The predicted molar refractivity (Wildman–Crippen MR) is 111 cm³/mol. The van der Waals surface area contributed by atoms with Gasteiger partial charge in [0.05, 0.1) is 39.5 Å². The summed E-state index contributed by atoms with van der Waals surface area (Å²) in [5.41, 5.74) is 2.46. The average Bonchev–Trinajstić information content (AvgIpc) is 3.04. The first-order valence-electron chi connectivity index (χ1n) is 9.46. The van der Waals surface area contributed by atoms with Gasteiger partial charge in [-0.05, 0) is 39.0 Å². The number of ether oxygens (including phenoxy) is 5. The molecule has 0 N–H and O–H groups in total. The van der Waals surface area contributed by atoms with Crippen LogP contribution in [0.5, 0.6) is 17.2 Å². The number of esters is 1. The Morgan fingerprint density at radius 1 is 0.967 bits per heavy atom. The first kappa shape index (κ1) is 23.3. The Bertz CT molecular complexity index is 891. The van der Waals surface area contributed by atoms with E-state index in [2.05, 4.69) is 0 Å². The van der Waals surface area contributed by atoms with Crippen LogP contribution < -0.4 is 14.2 Å². The minimum Gasteiger partial charge on any atom is -0.493 e. The quantitative estimate of drug-likeness (QED) is 0.431. The van der Waals surface area contributed by atoms with Gasteiger partial charge in [0.1, 0.15) is 0 Å². The molecule has 0 bridgehead atoms. The van der Waals surface area contributed by atoms with Gasteiger partial charge >= 0.3 is 5.97 Å².